The number of hydrogen-bond donors (Lipinski definition) is 1. The molecular weight excluding hydrogens is 312 g/mol. The zero-order chi connectivity index (χ0) is 13.9. The van der Waals surface area contributed by atoms with E-state index in [0.717, 1.165) is 5.92 Å². The molecule has 110 valence electrons. The van der Waals surface area contributed by atoms with Crippen LogP contribution in [0.5, 0.6) is 0 Å². The molecule has 1 aromatic rings. The molecule has 2 heterocycles. The van der Waals surface area contributed by atoms with Crippen LogP contribution in [0.4, 0.5) is 0 Å². The minimum atomic E-state index is 0.691. The summed E-state index contributed by atoms with van der Waals surface area (Å²) >= 11 is 3.81. The number of nitrogens with zero attached hydrogens (tertiary/aromatic N) is 1. The van der Waals surface area contributed by atoms with Crippen LogP contribution in [-0.2, 0) is 6.42 Å². The van der Waals surface area contributed by atoms with Crippen molar-refractivity contribution in [3.63, 3.8) is 0 Å². The fourth-order valence-electron chi connectivity index (χ4n) is 3.56. The van der Waals surface area contributed by atoms with Gasteiger partial charge in [0.25, 0.3) is 0 Å². The van der Waals surface area contributed by atoms with Crippen LogP contribution in [0.1, 0.15) is 42.7 Å². The Morgan fingerprint density at radius 2 is 2.05 bits per heavy atom. The summed E-state index contributed by atoms with van der Waals surface area (Å²) in [5.74, 6) is 0.735. The highest BCUT2D eigenvalue weighted by atomic mass is 79.9. The van der Waals surface area contributed by atoms with Gasteiger partial charge in [-0.25, -0.2) is 0 Å². The van der Waals surface area contributed by atoms with Gasteiger partial charge in [0.15, 0.2) is 0 Å². The molecule has 0 saturated carbocycles. The van der Waals surface area contributed by atoms with E-state index in [1.54, 1.807) is 0 Å². The Hall–Kier alpha value is -0.380. The van der Waals surface area contributed by atoms with E-state index >= 15 is 0 Å². The maximum absolute atomic E-state index is 3.81. The van der Waals surface area contributed by atoms with Crippen molar-refractivity contribution in [3.05, 3.63) is 33.8 Å². The first kappa shape index (κ1) is 14.6. The highest BCUT2D eigenvalue weighted by Gasteiger charge is 2.21. The minimum absolute atomic E-state index is 0.691. The summed E-state index contributed by atoms with van der Waals surface area (Å²) in [5, 5.41) is 3.59. The SMILES string of the molecule is CN1CCC(c2ccc(CC3CCCN3)cc2Br)CC1. The summed E-state index contributed by atoms with van der Waals surface area (Å²) in [6, 6.07) is 7.76. The number of likely N-dealkylation sites (tertiary alicyclic amines) is 1. The van der Waals surface area contributed by atoms with Gasteiger partial charge in [-0.15, -0.1) is 0 Å². The van der Waals surface area contributed by atoms with Gasteiger partial charge in [-0.2, -0.15) is 0 Å². The van der Waals surface area contributed by atoms with Crippen LogP contribution >= 0.6 is 15.9 Å². The molecule has 0 radical (unpaired) electrons. The normalized spacial score (nSPS) is 25.2. The fraction of sp³-hybridized carbons (Fsp3) is 0.647. The second kappa shape index (κ2) is 6.59. The molecule has 0 spiro atoms. The van der Waals surface area contributed by atoms with Gasteiger partial charge in [0, 0.05) is 10.5 Å². The number of rotatable bonds is 3. The largest absolute Gasteiger partial charge is 0.314 e. The molecule has 1 unspecified atom stereocenters. The molecule has 3 rings (SSSR count). The molecule has 1 aromatic carbocycles. The molecule has 2 aliphatic rings. The topological polar surface area (TPSA) is 15.3 Å². The van der Waals surface area contributed by atoms with Crippen molar-refractivity contribution in [1.82, 2.24) is 10.2 Å². The lowest BCUT2D eigenvalue weighted by molar-refractivity contribution is 0.255. The number of halogens is 1. The number of piperidine rings is 1. The number of benzene rings is 1. The average molecular weight is 337 g/mol. The summed E-state index contributed by atoms with van der Waals surface area (Å²) in [6.07, 6.45) is 6.41. The predicted molar refractivity (Wildman–Crippen MR) is 88.3 cm³/mol. The average Bonchev–Trinajstić information content (AvgIpc) is 2.93. The lowest BCUT2D eigenvalue weighted by Gasteiger charge is -2.30. The van der Waals surface area contributed by atoms with Crippen molar-refractivity contribution in [2.24, 2.45) is 0 Å². The number of nitrogens with one attached hydrogen (secondary N) is 1. The molecule has 3 heteroatoms. The van der Waals surface area contributed by atoms with Gasteiger partial charge in [-0.05, 0) is 81.9 Å². The third-order valence-corrected chi connectivity index (χ3v) is 5.55. The van der Waals surface area contributed by atoms with Gasteiger partial charge >= 0.3 is 0 Å². The zero-order valence-corrected chi connectivity index (χ0v) is 14.0. The summed E-state index contributed by atoms with van der Waals surface area (Å²) in [5.41, 5.74) is 2.98. The maximum atomic E-state index is 3.81. The molecule has 0 bridgehead atoms. The van der Waals surface area contributed by atoms with Crippen LogP contribution in [-0.4, -0.2) is 37.6 Å². The van der Waals surface area contributed by atoms with Crippen LogP contribution in [0.25, 0.3) is 0 Å². The van der Waals surface area contributed by atoms with Crippen LogP contribution in [0.3, 0.4) is 0 Å². The Labute approximate surface area is 131 Å². The highest BCUT2D eigenvalue weighted by molar-refractivity contribution is 9.10. The van der Waals surface area contributed by atoms with E-state index in [0.29, 0.717) is 6.04 Å². The Morgan fingerprint density at radius 3 is 2.70 bits per heavy atom. The van der Waals surface area contributed by atoms with Crippen molar-refractivity contribution in [2.75, 3.05) is 26.7 Å². The predicted octanol–water partition coefficient (Wildman–Crippen LogP) is 3.55. The second-order valence-electron chi connectivity index (χ2n) is 6.43. The Morgan fingerprint density at radius 1 is 1.25 bits per heavy atom. The van der Waals surface area contributed by atoms with Crippen LogP contribution in [0.2, 0.25) is 0 Å². The first-order valence-corrected chi connectivity index (χ1v) is 8.72. The smallest absolute Gasteiger partial charge is 0.0212 e. The van der Waals surface area contributed by atoms with Gasteiger partial charge in [0.1, 0.15) is 0 Å². The molecule has 2 fully saturated rings. The number of hydrogen-bond acceptors (Lipinski definition) is 2. The molecule has 0 aromatic heterocycles. The molecule has 20 heavy (non-hydrogen) atoms. The molecular formula is C17H25BrN2. The first-order valence-electron chi connectivity index (χ1n) is 7.92. The van der Waals surface area contributed by atoms with Crippen molar-refractivity contribution in [2.45, 2.75) is 44.1 Å². The third kappa shape index (κ3) is 3.44. The second-order valence-corrected chi connectivity index (χ2v) is 7.29. The summed E-state index contributed by atoms with van der Waals surface area (Å²) in [4.78, 5) is 2.44. The highest BCUT2D eigenvalue weighted by Crippen LogP contribution is 2.33. The third-order valence-electron chi connectivity index (χ3n) is 4.87. The van der Waals surface area contributed by atoms with Crippen LogP contribution < -0.4 is 5.32 Å². The molecule has 0 amide bonds. The lowest BCUT2D eigenvalue weighted by Crippen LogP contribution is -2.29. The van der Waals surface area contributed by atoms with Crippen molar-refractivity contribution in [3.8, 4) is 0 Å². The molecule has 1 atom stereocenters. The van der Waals surface area contributed by atoms with Gasteiger partial charge in [0.2, 0.25) is 0 Å². The Balaban J connectivity index is 1.67. The van der Waals surface area contributed by atoms with E-state index in [1.807, 2.05) is 0 Å². The minimum Gasteiger partial charge on any atom is -0.314 e. The van der Waals surface area contributed by atoms with E-state index in [1.165, 1.54) is 67.3 Å². The standard InChI is InChI=1S/C17H25BrN2/c1-20-9-6-14(7-10-20)16-5-4-13(12-17(16)18)11-15-3-2-8-19-15/h4-5,12,14-15,19H,2-3,6-11H2,1H3. The first-order chi connectivity index (χ1) is 9.72. The van der Waals surface area contributed by atoms with Crippen LogP contribution in [0.15, 0.2) is 22.7 Å². The van der Waals surface area contributed by atoms with E-state index < -0.39 is 0 Å². The lowest BCUT2D eigenvalue weighted by atomic mass is 9.88. The molecule has 0 aliphatic carbocycles. The van der Waals surface area contributed by atoms with E-state index in [9.17, 15) is 0 Å². The Bertz CT molecular complexity index is 446. The van der Waals surface area contributed by atoms with Gasteiger partial charge in [-0.3, -0.25) is 0 Å². The maximum Gasteiger partial charge on any atom is 0.0212 e. The zero-order valence-electron chi connectivity index (χ0n) is 12.4. The molecule has 1 N–H and O–H groups in total. The van der Waals surface area contributed by atoms with Gasteiger partial charge in [0.05, 0.1) is 0 Å². The van der Waals surface area contributed by atoms with Crippen molar-refractivity contribution >= 4 is 15.9 Å². The monoisotopic (exact) mass is 336 g/mol. The van der Waals surface area contributed by atoms with Crippen molar-refractivity contribution < 1.29 is 0 Å². The molecule has 2 aliphatic heterocycles. The van der Waals surface area contributed by atoms with E-state index in [2.05, 4.69) is 51.4 Å². The van der Waals surface area contributed by atoms with Gasteiger partial charge in [-0.1, -0.05) is 28.1 Å². The summed E-state index contributed by atoms with van der Waals surface area (Å²) in [7, 11) is 2.23. The quantitative estimate of drug-likeness (QED) is 0.907. The fourth-order valence-corrected chi connectivity index (χ4v) is 4.31. The van der Waals surface area contributed by atoms with Crippen LogP contribution in [0, 0.1) is 0 Å². The van der Waals surface area contributed by atoms with E-state index in [-0.39, 0.29) is 0 Å². The van der Waals surface area contributed by atoms with Crippen molar-refractivity contribution in [1.29, 1.82) is 0 Å². The summed E-state index contributed by atoms with van der Waals surface area (Å²) < 4.78 is 1.32. The van der Waals surface area contributed by atoms with E-state index in [4.69, 9.17) is 0 Å². The Kier molecular flexibility index (Phi) is 4.79. The molecule has 2 nitrogen and oxygen atoms in total. The molecule has 2 saturated heterocycles. The van der Waals surface area contributed by atoms with Gasteiger partial charge < -0.3 is 10.2 Å². The summed E-state index contributed by atoms with van der Waals surface area (Å²) in [6.45, 7) is 3.65.